The largest absolute Gasteiger partial charge is 0.381 e. The molecule has 2 rings (SSSR count). The average molecular weight is 217 g/mol. The summed E-state index contributed by atoms with van der Waals surface area (Å²) in [7, 11) is 0. The zero-order valence-corrected chi connectivity index (χ0v) is 8.53. The third kappa shape index (κ3) is 1.77. The van der Waals surface area contributed by atoms with Crippen LogP contribution in [0, 0.1) is 0 Å². The lowest BCUT2D eigenvalue weighted by Crippen LogP contribution is -1.94. The van der Waals surface area contributed by atoms with Gasteiger partial charge in [-0.15, -0.1) is 11.3 Å². The van der Waals surface area contributed by atoms with E-state index in [2.05, 4.69) is 0 Å². The third-order valence-electron chi connectivity index (χ3n) is 2.15. The molecule has 0 spiro atoms. The van der Waals surface area contributed by atoms with E-state index in [1.807, 2.05) is 0 Å². The SMILES string of the molecule is O=Cc1cc(Cl)c(C2CCOC2)s1. The summed E-state index contributed by atoms with van der Waals surface area (Å²) in [6.45, 7) is 1.54. The highest BCUT2D eigenvalue weighted by atomic mass is 35.5. The van der Waals surface area contributed by atoms with Gasteiger partial charge in [-0.1, -0.05) is 11.6 Å². The van der Waals surface area contributed by atoms with Gasteiger partial charge in [-0.2, -0.15) is 0 Å². The maximum absolute atomic E-state index is 10.5. The Morgan fingerprint density at radius 2 is 2.54 bits per heavy atom. The summed E-state index contributed by atoms with van der Waals surface area (Å²) in [6.07, 6.45) is 1.86. The van der Waals surface area contributed by atoms with Crippen molar-refractivity contribution in [3.63, 3.8) is 0 Å². The van der Waals surface area contributed by atoms with E-state index in [4.69, 9.17) is 16.3 Å². The van der Waals surface area contributed by atoms with Crippen molar-refractivity contribution in [2.45, 2.75) is 12.3 Å². The molecule has 0 radical (unpaired) electrons. The molecule has 4 heteroatoms. The maximum atomic E-state index is 10.5. The first-order valence-corrected chi connectivity index (χ1v) is 5.33. The van der Waals surface area contributed by atoms with Crippen molar-refractivity contribution >= 4 is 29.2 Å². The summed E-state index contributed by atoms with van der Waals surface area (Å²) in [5, 5.41) is 0.711. The molecule has 2 heterocycles. The van der Waals surface area contributed by atoms with Gasteiger partial charge in [0, 0.05) is 17.4 Å². The van der Waals surface area contributed by atoms with Crippen LogP contribution in [0.15, 0.2) is 6.07 Å². The molecular weight excluding hydrogens is 208 g/mol. The lowest BCUT2D eigenvalue weighted by atomic mass is 10.1. The number of hydrogen-bond acceptors (Lipinski definition) is 3. The van der Waals surface area contributed by atoms with Crippen LogP contribution in [-0.2, 0) is 4.74 Å². The Morgan fingerprint density at radius 1 is 1.69 bits per heavy atom. The summed E-state index contributed by atoms with van der Waals surface area (Å²) < 4.78 is 5.27. The highest BCUT2D eigenvalue weighted by molar-refractivity contribution is 7.14. The van der Waals surface area contributed by atoms with Gasteiger partial charge < -0.3 is 4.74 Å². The first-order valence-electron chi connectivity index (χ1n) is 4.13. The van der Waals surface area contributed by atoms with Gasteiger partial charge in [-0.3, -0.25) is 4.79 Å². The third-order valence-corrected chi connectivity index (χ3v) is 3.80. The highest BCUT2D eigenvalue weighted by Gasteiger charge is 2.22. The van der Waals surface area contributed by atoms with Crippen LogP contribution in [0.5, 0.6) is 0 Å². The van der Waals surface area contributed by atoms with Crippen molar-refractivity contribution < 1.29 is 9.53 Å². The van der Waals surface area contributed by atoms with Gasteiger partial charge in [0.2, 0.25) is 0 Å². The fraction of sp³-hybridized carbons (Fsp3) is 0.444. The van der Waals surface area contributed by atoms with Crippen LogP contribution in [0.1, 0.15) is 26.9 Å². The number of aldehydes is 1. The second kappa shape index (κ2) is 3.78. The molecule has 0 bridgehead atoms. The van der Waals surface area contributed by atoms with Gasteiger partial charge >= 0.3 is 0 Å². The van der Waals surface area contributed by atoms with Crippen molar-refractivity contribution in [1.82, 2.24) is 0 Å². The monoisotopic (exact) mass is 216 g/mol. The summed E-state index contributed by atoms with van der Waals surface area (Å²) in [4.78, 5) is 12.3. The van der Waals surface area contributed by atoms with Gasteiger partial charge in [-0.25, -0.2) is 0 Å². The van der Waals surface area contributed by atoms with Gasteiger partial charge in [0.05, 0.1) is 16.5 Å². The first-order chi connectivity index (χ1) is 6.31. The Bertz CT molecular complexity index is 315. The van der Waals surface area contributed by atoms with E-state index in [9.17, 15) is 4.79 Å². The van der Waals surface area contributed by atoms with Crippen molar-refractivity contribution in [2.24, 2.45) is 0 Å². The summed E-state index contributed by atoms with van der Waals surface area (Å²) in [6, 6.07) is 1.73. The standard InChI is InChI=1S/C9H9ClO2S/c10-8-3-7(4-11)13-9(8)6-1-2-12-5-6/h3-4,6H,1-2,5H2. The fourth-order valence-corrected chi connectivity index (χ4v) is 2.92. The van der Waals surface area contributed by atoms with E-state index in [0.717, 1.165) is 30.8 Å². The number of hydrogen-bond donors (Lipinski definition) is 0. The molecule has 1 saturated heterocycles. The lowest BCUT2D eigenvalue weighted by molar-refractivity contribution is 0.112. The van der Waals surface area contributed by atoms with E-state index >= 15 is 0 Å². The molecule has 1 aliphatic heterocycles. The molecular formula is C9H9ClO2S. The van der Waals surface area contributed by atoms with E-state index in [0.29, 0.717) is 15.8 Å². The molecule has 1 atom stereocenters. The van der Waals surface area contributed by atoms with Crippen LogP contribution < -0.4 is 0 Å². The topological polar surface area (TPSA) is 26.3 Å². The molecule has 70 valence electrons. The molecule has 0 aromatic carbocycles. The molecule has 0 saturated carbocycles. The number of thiophene rings is 1. The van der Waals surface area contributed by atoms with E-state index in [1.165, 1.54) is 11.3 Å². The fourth-order valence-electron chi connectivity index (χ4n) is 1.48. The lowest BCUT2D eigenvalue weighted by Gasteiger charge is -2.03. The van der Waals surface area contributed by atoms with Crippen LogP contribution in [0.2, 0.25) is 5.02 Å². The van der Waals surface area contributed by atoms with E-state index < -0.39 is 0 Å². The Hall–Kier alpha value is -0.380. The molecule has 0 N–H and O–H groups in total. The molecule has 1 fully saturated rings. The second-order valence-corrected chi connectivity index (χ2v) is 4.56. The zero-order chi connectivity index (χ0) is 9.26. The quantitative estimate of drug-likeness (QED) is 0.711. The minimum absolute atomic E-state index is 0.395. The molecule has 0 amide bonds. The Morgan fingerprint density at radius 3 is 3.08 bits per heavy atom. The van der Waals surface area contributed by atoms with Crippen LogP contribution in [0.25, 0.3) is 0 Å². The summed E-state index contributed by atoms with van der Waals surface area (Å²) in [5.74, 6) is 0.395. The van der Waals surface area contributed by atoms with Crippen LogP contribution in [0.4, 0.5) is 0 Å². The van der Waals surface area contributed by atoms with E-state index in [1.54, 1.807) is 6.07 Å². The van der Waals surface area contributed by atoms with Crippen LogP contribution in [-0.4, -0.2) is 19.5 Å². The van der Waals surface area contributed by atoms with Crippen LogP contribution >= 0.6 is 22.9 Å². The first kappa shape index (κ1) is 9.19. The van der Waals surface area contributed by atoms with Gasteiger partial charge in [-0.05, 0) is 12.5 Å². The predicted octanol–water partition coefficient (Wildman–Crippen LogP) is 2.72. The van der Waals surface area contributed by atoms with Gasteiger partial charge in [0.25, 0.3) is 0 Å². The Balaban J connectivity index is 2.27. The number of carbonyl (C=O) groups is 1. The molecule has 1 aromatic rings. The minimum Gasteiger partial charge on any atom is -0.381 e. The normalized spacial score (nSPS) is 22.1. The maximum Gasteiger partial charge on any atom is 0.160 e. The van der Waals surface area contributed by atoms with Crippen molar-refractivity contribution in [3.05, 3.63) is 20.8 Å². The smallest absolute Gasteiger partial charge is 0.160 e. The number of ether oxygens (including phenoxy) is 1. The predicted molar refractivity (Wildman–Crippen MR) is 52.9 cm³/mol. The number of halogens is 1. The van der Waals surface area contributed by atoms with Gasteiger partial charge in [0.1, 0.15) is 0 Å². The van der Waals surface area contributed by atoms with Gasteiger partial charge in [0.15, 0.2) is 6.29 Å². The minimum atomic E-state index is 0.395. The molecule has 1 unspecified atom stereocenters. The molecule has 1 aromatic heterocycles. The Kier molecular flexibility index (Phi) is 2.67. The number of rotatable bonds is 2. The summed E-state index contributed by atoms with van der Waals surface area (Å²) in [5.41, 5.74) is 0. The summed E-state index contributed by atoms with van der Waals surface area (Å²) >= 11 is 7.48. The zero-order valence-electron chi connectivity index (χ0n) is 6.96. The molecule has 2 nitrogen and oxygen atoms in total. The second-order valence-electron chi connectivity index (χ2n) is 3.04. The molecule has 0 aliphatic carbocycles. The van der Waals surface area contributed by atoms with Crippen molar-refractivity contribution in [3.8, 4) is 0 Å². The van der Waals surface area contributed by atoms with E-state index in [-0.39, 0.29) is 0 Å². The van der Waals surface area contributed by atoms with Crippen molar-refractivity contribution in [2.75, 3.05) is 13.2 Å². The van der Waals surface area contributed by atoms with Crippen LogP contribution in [0.3, 0.4) is 0 Å². The number of carbonyl (C=O) groups excluding carboxylic acids is 1. The molecule has 13 heavy (non-hydrogen) atoms. The highest BCUT2D eigenvalue weighted by Crippen LogP contribution is 2.36. The Labute approximate surface area is 85.5 Å². The average Bonchev–Trinajstić information content (AvgIpc) is 2.72. The van der Waals surface area contributed by atoms with Crippen molar-refractivity contribution in [1.29, 1.82) is 0 Å². The molecule has 1 aliphatic rings.